The van der Waals surface area contributed by atoms with Crippen molar-refractivity contribution >= 4 is 28.7 Å². The molecule has 0 spiro atoms. The summed E-state index contributed by atoms with van der Waals surface area (Å²) in [5, 5.41) is 36.0. The van der Waals surface area contributed by atoms with Crippen LogP contribution in [0.4, 0.5) is 17.6 Å². The molecule has 0 bridgehead atoms. The third kappa shape index (κ3) is 3.09. The number of nitrogens with one attached hydrogen (secondary N) is 1. The molecule has 144 valence electrons. The van der Waals surface area contributed by atoms with Crippen molar-refractivity contribution < 1.29 is 20.1 Å². The Labute approximate surface area is 156 Å². The van der Waals surface area contributed by atoms with Gasteiger partial charge in [-0.15, -0.1) is 0 Å². The van der Waals surface area contributed by atoms with Gasteiger partial charge in [0.2, 0.25) is 5.95 Å². The Bertz CT molecular complexity index is 1040. The molecule has 0 aliphatic carbocycles. The van der Waals surface area contributed by atoms with Gasteiger partial charge in [-0.25, -0.2) is 19.9 Å². The number of imidazole rings is 1. The number of hydrogen-bond donors (Lipinski definition) is 4. The van der Waals surface area contributed by atoms with E-state index >= 15 is 0 Å². The molecule has 1 saturated heterocycles. The molecule has 13 heteroatoms. The van der Waals surface area contributed by atoms with E-state index in [9.17, 15) is 15.3 Å². The molecule has 4 rings (SSSR count). The maximum absolute atomic E-state index is 10.3. The number of hydrogen-bond acceptors (Lipinski definition) is 10. The molecule has 0 radical (unpaired) electrons. The molecular weight excluding hydrogens is 370 g/mol. The van der Waals surface area contributed by atoms with Crippen molar-refractivity contribution in [2.45, 2.75) is 24.5 Å². The van der Waals surface area contributed by atoms with Gasteiger partial charge in [-0.05, 0) is 22.8 Å². The van der Waals surface area contributed by atoms with Gasteiger partial charge in [-0.1, -0.05) is 6.07 Å². The number of fused-ring (bicyclic) bond motifs is 1. The van der Waals surface area contributed by atoms with Crippen molar-refractivity contribution in [1.82, 2.24) is 24.5 Å². The highest BCUT2D eigenvalue weighted by molar-refractivity contribution is 5.86. The summed E-state index contributed by atoms with van der Waals surface area (Å²) in [5.74, 6) is 0.537. The number of azide groups is 1. The molecule has 0 saturated carbocycles. The Morgan fingerprint density at radius 1 is 1.25 bits per heavy atom. The molecular formula is C15H15N9O4. The minimum Gasteiger partial charge on any atom is -0.394 e. The second-order valence-electron chi connectivity index (χ2n) is 5.95. The summed E-state index contributed by atoms with van der Waals surface area (Å²) in [6.45, 7) is -0.465. The minimum absolute atomic E-state index is 0.179. The van der Waals surface area contributed by atoms with Gasteiger partial charge in [0.25, 0.3) is 0 Å². The molecule has 13 nitrogen and oxygen atoms in total. The van der Waals surface area contributed by atoms with Gasteiger partial charge in [0.1, 0.15) is 24.1 Å². The topological polar surface area (TPSA) is 187 Å². The average molecular weight is 385 g/mol. The smallest absolute Gasteiger partial charge is 0.220 e. The fraction of sp³-hybridized carbons (Fsp3) is 0.333. The fourth-order valence-electron chi connectivity index (χ4n) is 2.93. The number of aliphatic hydroxyl groups excluding tert-OH is 3. The third-order valence-corrected chi connectivity index (χ3v) is 4.25. The van der Waals surface area contributed by atoms with Crippen LogP contribution in [0, 0.1) is 0 Å². The van der Waals surface area contributed by atoms with Crippen molar-refractivity contribution in [3.8, 4) is 0 Å². The predicted octanol–water partition coefficient (Wildman–Crippen LogP) is 0.518. The number of anilines is 2. The Hall–Kier alpha value is -3.35. The van der Waals surface area contributed by atoms with Gasteiger partial charge in [0.15, 0.2) is 23.2 Å². The van der Waals surface area contributed by atoms with E-state index in [0.29, 0.717) is 11.3 Å². The van der Waals surface area contributed by atoms with E-state index in [2.05, 4.69) is 35.3 Å². The second kappa shape index (κ2) is 7.34. The monoisotopic (exact) mass is 385 g/mol. The van der Waals surface area contributed by atoms with Crippen LogP contribution >= 0.6 is 0 Å². The lowest BCUT2D eigenvalue weighted by atomic mass is 10.1. The quantitative estimate of drug-likeness (QED) is 0.276. The van der Waals surface area contributed by atoms with E-state index in [1.54, 1.807) is 24.4 Å². The van der Waals surface area contributed by atoms with E-state index in [1.165, 1.54) is 10.9 Å². The molecule has 4 N–H and O–H groups in total. The van der Waals surface area contributed by atoms with Crippen LogP contribution < -0.4 is 5.32 Å². The highest BCUT2D eigenvalue weighted by Crippen LogP contribution is 2.33. The Morgan fingerprint density at radius 2 is 2.11 bits per heavy atom. The largest absolute Gasteiger partial charge is 0.394 e. The minimum atomic E-state index is -1.32. The van der Waals surface area contributed by atoms with E-state index in [1.807, 2.05) is 0 Å². The standard InChI is InChI=1S/C15H15N9O4/c16-23-22-15-20-12(19-8-3-1-2-4-17-8)9-13(21-15)24(6-18-9)14-11(27)10(26)7(5-25)28-14/h1-4,6-7,10-11,14,25-27H,5H2,(H,17,19,20,21)/t7-,10+,11+,14-/m1/s1. The highest BCUT2D eigenvalue weighted by Gasteiger charge is 2.44. The van der Waals surface area contributed by atoms with Crippen molar-refractivity contribution in [3.63, 3.8) is 0 Å². The Balaban J connectivity index is 1.81. The normalized spacial score (nSPS) is 24.2. The van der Waals surface area contributed by atoms with Gasteiger partial charge in [0, 0.05) is 11.1 Å². The molecule has 0 amide bonds. The number of nitrogens with zero attached hydrogens (tertiary/aromatic N) is 8. The SMILES string of the molecule is [N-]=[N+]=Nc1nc(Nc2ccccn2)c2ncn([C@@H]3O[C@H](CO)[C@H](O)[C@@H]3O)c2n1. The van der Waals surface area contributed by atoms with Gasteiger partial charge in [-0.2, -0.15) is 0 Å². The van der Waals surface area contributed by atoms with Crippen molar-refractivity contribution in [2.24, 2.45) is 5.11 Å². The summed E-state index contributed by atoms with van der Waals surface area (Å²) < 4.78 is 6.90. The summed E-state index contributed by atoms with van der Waals surface area (Å²) in [7, 11) is 0. The molecule has 4 atom stereocenters. The zero-order chi connectivity index (χ0) is 19.7. The first kappa shape index (κ1) is 18.0. The first-order valence-electron chi connectivity index (χ1n) is 8.22. The molecule has 0 aromatic carbocycles. The zero-order valence-corrected chi connectivity index (χ0v) is 14.2. The summed E-state index contributed by atoms with van der Waals surface area (Å²) in [4.78, 5) is 19.4. The molecule has 3 aromatic rings. The molecule has 0 unspecified atom stereocenters. The van der Waals surface area contributed by atoms with Crippen molar-refractivity contribution in [2.75, 3.05) is 11.9 Å². The third-order valence-electron chi connectivity index (χ3n) is 4.25. The lowest BCUT2D eigenvalue weighted by Gasteiger charge is -2.16. The summed E-state index contributed by atoms with van der Waals surface area (Å²) in [6, 6.07) is 5.24. The van der Waals surface area contributed by atoms with E-state index in [-0.39, 0.29) is 17.4 Å². The van der Waals surface area contributed by atoms with Crippen LogP contribution in [0.25, 0.3) is 21.6 Å². The van der Waals surface area contributed by atoms with Crippen LogP contribution in [0.3, 0.4) is 0 Å². The fourth-order valence-corrected chi connectivity index (χ4v) is 2.93. The molecule has 1 aliphatic heterocycles. The lowest BCUT2D eigenvalue weighted by Crippen LogP contribution is -2.33. The first-order valence-corrected chi connectivity index (χ1v) is 8.22. The molecule has 4 heterocycles. The van der Waals surface area contributed by atoms with Gasteiger partial charge in [0.05, 0.1) is 12.9 Å². The number of aromatic nitrogens is 5. The maximum Gasteiger partial charge on any atom is 0.220 e. The maximum atomic E-state index is 10.3. The number of aliphatic hydroxyl groups is 3. The molecule has 3 aromatic heterocycles. The van der Waals surface area contributed by atoms with Crippen molar-refractivity contribution in [3.05, 3.63) is 41.2 Å². The highest BCUT2D eigenvalue weighted by atomic mass is 16.6. The van der Waals surface area contributed by atoms with Crippen LogP contribution in [0.2, 0.25) is 0 Å². The van der Waals surface area contributed by atoms with Gasteiger partial charge in [-0.3, -0.25) is 4.57 Å². The molecule has 1 aliphatic rings. The average Bonchev–Trinajstić information content (AvgIpc) is 3.24. The summed E-state index contributed by atoms with van der Waals surface area (Å²) in [6.07, 6.45) is -1.66. The van der Waals surface area contributed by atoms with Crippen molar-refractivity contribution in [1.29, 1.82) is 0 Å². The summed E-state index contributed by atoms with van der Waals surface area (Å²) >= 11 is 0. The Kier molecular flexibility index (Phi) is 4.73. The molecule has 1 fully saturated rings. The predicted molar refractivity (Wildman–Crippen MR) is 94.7 cm³/mol. The van der Waals surface area contributed by atoms with E-state index in [4.69, 9.17) is 10.3 Å². The van der Waals surface area contributed by atoms with Crippen LogP contribution in [0.15, 0.2) is 35.8 Å². The lowest BCUT2D eigenvalue weighted by molar-refractivity contribution is -0.0511. The summed E-state index contributed by atoms with van der Waals surface area (Å²) in [5.41, 5.74) is 9.25. The number of pyridine rings is 1. The number of rotatable bonds is 5. The zero-order valence-electron chi connectivity index (χ0n) is 14.2. The Morgan fingerprint density at radius 3 is 2.79 bits per heavy atom. The van der Waals surface area contributed by atoms with Crippen LogP contribution in [-0.2, 0) is 4.74 Å². The van der Waals surface area contributed by atoms with E-state index < -0.39 is 31.1 Å². The second-order valence-corrected chi connectivity index (χ2v) is 5.95. The van der Waals surface area contributed by atoms with Gasteiger partial charge >= 0.3 is 0 Å². The van der Waals surface area contributed by atoms with Crippen LogP contribution in [0.1, 0.15) is 6.23 Å². The molecule has 28 heavy (non-hydrogen) atoms. The van der Waals surface area contributed by atoms with E-state index in [0.717, 1.165) is 0 Å². The number of ether oxygens (including phenoxy) is 1. The first-order chi connectivity index (χ1) is 13.6. The van der Waals surface area contributed by atoms with Gasteiger partial charge < -0.3 is 25.4 Å². The van der Waals surface area contributed by atoms with Crippen LogP contribution in [-0.4, -0.2) is 64.7 Å². The van der Waals surface area contributed by atoms with Crippen LogP contribution in [0.5, 0.6) is 0 Å².